The van der Waals surface area contributed by atoms with E-state index in [1.165, 1.54) is 37.7 Å². The van der Waals surface area contributed by atoms with Crippen molar-refractivity contribution in [1.29, 1.82) is 0 Å². The van der Waals surface area contributed by atoms with E-state index in [1.54, 1.807) is 17.7 Å². The fraction of sp³-hybridized carbons (Fsp3) is 0.444. The molecule has 2 aliphatic rings. The summed E-state index contributed by atoms with van der Waals surface area (Å²) >= 11 is 0. The van der Waals surface area contributed by atoms with Gasteiger partial charge in [-0.25, -0.2) is 4.79 Å². The summed E-state index contributed by atoms with van der Waals surface area (Å²) in [6.45, 7) is 3.01. The Kier molecular flexibility index (Phi) is 10.9. The third-order valence-corrected chi connectivity index (χ3v) is 6.77. The Hall–Kier alpha value is -1.85. The van der Waals surface area contributed by atoms with Crippen LogP contribution in [0.5, 0.6) is 0 Å². The minimum absolute atomic E-state index is 0. The molecule has 4 nitrogen and oxygen atoms in total. The first-order chi connectivity index (χ1) is 15.1. The maximum absolute atomic E-state index is 11.1. The molecule has 0 aliphatic heterocycles. The molecule has 0 amide bonds. The van der Waals surface area contributed by atoms with E-state index in [4.69, 9.17) is 5.11 Å². The Morgan fingerprint density at radius 3 is 2.36 bits per heavy atom. The van der Waals surface area contributed by atoms with Crippen LogP contribution in [-0.4, -0.2) is 29.2 Å². The molecule has 2 fully saturated rings. The zero-order valence-electron chi connectivity index (χ0n) is 19.2. The van der Waals surface area contributed by atoms with Crippen LogP contribution in [0.4, 0.5) is 0 Å². The quantitative estimate of drug-likeness (QED) is 0.397. The van der Waals surface area contributed by atoms with E-state index < -0.39 is 5.97 Å². The topological polar surface area (TPSA) is 61.4 Å². The monoisotopic (exact) mass is 490 g/mol. The maximum atomic E-state index is 11.1. The molecule has 2 saturated carbocycles. The number of carboxylic acids is 1. The summed E-state index contributed by atoms with van der Waals surface area (Å²) in [5.74, 6) is -0.167. The van der Waals surface area contributed by atoms with Crippen molar-refractivity contribution < 1.29 is 9.90 Å². The van der Waals surface area contributed by atoms with Crippen LogP contribution in [0.25, 0.3) is 6.08 Å². The van der Waals surface area contributed by atoms with Crippen LogP contribution in [0.1, 0.15) is 66.9 Å². The molecule has 33 heavy (non-hydrogen) atoms. The van der Waals surface area contributed by atoms with E-state index in [0.717, 1.165) is 18.5 Å². The Labute approximate surface area is 210 Å². The second-order valence-corrected chi connectivity index (χ2v) is 9.03. The van der Waals surface area contributed by atoms with E-state index in [0.29, 0.717) is 29.6 Å². The summed E-state index contributed by atoms with van der Waals surface area (Å²) in [5.41, 5.74) is 4.28. The number of halogens is 2. The maximum Gasteiger partial charge on any atom is 0.335 e. The third-order valence-electron chi connectivity index (χ3n) is 6.77. The van der Waals surface area contributed by atoms with Crippen molar-refractivity contribution in [3.8, 4) is 0 Å². The van der Waals surface area contributed by atoms with E-state index in [9.17, 15) is 4.79 Å². The van der Waals surface area contributed by atoms with Crippen LogP contribution in [0.2, 0.25) is 0 Å². The molecule has 3 N–H and O–H groups in total. The number of nitrogens with one attached hydrogen (secondary N) is 2. The van der Waals surface area contributed by atoms with Gasteiger partial charge in [-0.15, -0.1) is 24.8 Å². The van der Waals surface area contributed by atoms with Gasteiger partial charge in [-0.2, -0.15) is 0 Å². The molecule has 2 aromatic carbocycles. The fourth-order valence-corrected chi connectivity index (χ4v) is 4.87. The van der Waals surface area contributed by atoms with Gasteiger partial charge in [0.15, 0.2) is 0 Å². The summed E-state index contributed by atoms with van der Waals surface area (Å²) < 4.78 is 0. The highest BCUT2D eigenvalue weighted by atomic mass is 35.5. The van der Waals surface area contributed by atoms with Crippen molar-refractivity contribution in [3.05, 3.63) is 76.9 Å². The highest BCUT2D eigenvalue weighted by Crippen LogP contribution is 2.40. The molecule has 0 bridgehead atoms. The zero-order valence-corrected chi connectivity index (χ0v) is 20.8. The first-order valence-electron chi connectivity index (χ1n) is 11.7. The molecule has 4 rings (SSSR count). The highest BCUT2D eigenvalue weighted by molar-refractivity contribution is 5.87. The Morgan fingerprint density at radius 2 is 1.70 bits per heavy atom. The predicted octanol–water partition coefficient (Wildman–Crippen LogP) is 6.10. The molecular formula is C27H36Cl2N2O2. The normalized spacial score (nSPS) is 24.3. The Balaban J connectivity index is 0.00000193. The van der Waals surface area contributed by atoms with Gasteiger partial charge in [-0.1, -0.05) is 61.0 Å². The van der Waals surface area contributed by atoms with Crippen LogP contribution < -0.4 is 10.6 Å². The highest BCUT2D eigenvalue weighted by Gasteiger charge is 2.40. The summed E-state index contributed by atoms with van der Waals surface area (Å²) in [7, 11) is 0. The van der Waals surface area contributed by atoms with Crippen LogP contribution in [-0.2, 0) is 6.54 Å². The Morgan fingerprint density at radius 1 is 1.00 bits per heavy atom. The minimum atomic E-state index is -0.864. The molecule has 0 aromatic heterocycles. The number of carboxylic acid groups (broad SMARTS) is 1. The van der Waals surface area contributed by atoms with Gasteiger partial charge in [0.2, 0.25) is 0 Å². The average molecular weight is 492 g/mol. The standard InChI is InChI=1S/C27H34N2O2.2ClH/c1-2-21(15-19-7-4-3-5-8-19)25-17-26(25)29-24-13-11-23(12-14-24)28-18-20-9-6-10-22(16-20)27(30)31;;/h3-10,15-16,23-26,28-29H,2,11-14,17-18H2,1H3,(H,30,31);2*1H/t23?,24?,25-,26+;;/m0../s1. The zero-order chi connectivity index (χ0) is 21.6. The van der Waals surface area contributed by atoms with Gasteiger partial charge < -0.3 is 15.7 Å². The van der Waals surface area contributed by atoms with Gasteiger partial charge in [0, 0.05) is 24.7 Å². The minimum Gasteiger partial charge on any atom is -0.478 e. The molecule has 6 heteroatoms. The van der Waals surface area contributed by atoms with E-state index in [2.05, 4.69) is 54.0 Å². The number of hydrogen-bond donors (Lipinski definition) is 3. The van der Waals surface area contributed by atoms with Crippen molar-refractivity contribution in [2.75, 3.05) is 0 Å². The molecule has 2 aliphatic carbocycles. The van der Waals surface area contributed by atoms with Crippen LogP contribution in [0.3, 0.4) is 0 Å². The molecule has 2 aromatic rings. The fourth-order valence-electron chi connectivity index (χ4n) is 4.87. The molecule has 2 atom stereocenters. The van der Waals surface area contributed by atoms with E-state index in [1.807, 2.05) is 12.1 Å². The SMILES string of the molecule is CCC(=Cc1ccccc1)[C@@H]1C[C@H]1NC1CCC(NCc2cccc(C(=O)O)c2)CC1.Cl.Cl. The molecule has 0 radical (unpaired) electrons. The van der Waals surface area contributed by atoms with Gasteiger partial charge >= 0.3 is 5.97 Å². The van der Waals surface area contributed by atoms with Gasteiger partial charge in [0.25, 0.3) is 0 Å². The van der Waals surface area contributed by atoms with Gasteiger partial charge in [0.1, 0.15) is 0 Å². The molecule has 0 spiro atoms. The van der Waals surface area contributed by atoms with Gasteiger partial charge in [0.05, 0.1) is 5.56 Å². The molecule has 0 saturated heterocycles. The Bertz CT molecular complexity index is 911. The molecule has 180 valence electrons. The first-order valence-corrected chi connectivity index (χ1v) is 11.7. The number of benzene rings is 2. The second-order valence-electron chi connectivity index (χ2n) is 9.03. The predicted molar refractivity (Wildman–Crippen MR) is 141 cm³/mol. The first kappa shape index (κ1) is 27.4. The van der Waals surface area contributed by atoms with Gasteiger partial charge in [-0.05, 0) is 67.7 Å². The lowest BCUT2D eigenvalue weighted by Gasteiger charge is -2.30. The lowest BCUT2D eigenvalue weighted by molar-refractivity contribution is 0.0696. The largest absolute Gasteiger partial charge is 0.478 e. The van der Waals surface area contributed by atoms with Crippen LogP contribution >= 0.6 is 24.8 Å². The summed E-state index contributed by atoms with van der Waals surface area (Å²) in [6, 6.07) is 19.7. The third kappa shape index (κ3) is 7.86. The lowest BCUT2D eigenvalue weighted by Crippen LogP contribution is -2.40. The molecular weight excluding hydrogens is 455 g/mol. The van der Waals surface area contributed by atoms with Crippen molar-refractivity contribution in [2.45, 2.75) is 70.1 Å². The molecule has 0 unspecified atom stereocenters. The van der Waals surface area contributed by atoms with Crippen molar-refractivity contribution in [2.24, 2.45) is 5.92 Å². The smallest absolute Gasteiger partial charge is 0.335 e. The van der Waals surface area contributed by atoms with Crippen molar-refractivity contribution in [3.63, 3.8) is 0 Å². The van der Waals surface area contributed by atoms with Crippen LogP contribution in [0.15, 0.2) is 60.2 Å². The second kappa shape index (κ2) is 13.1. The average Bonchev–Trinajstić information content (AvgIpc) is 3.56. The van der Waals surface area contributed by atoms with Crippen molar-refractivity contribution in [1.82, 2.24) is 10.6 Å². The lowest BCUT2D eigenvalue weighted by atomic mass is 9.90. The number of rotatable bonds is 9. The molecule has 0 heterocycles. The van der Waals surface area contributed by atoms with Crippen molar-refractivity contribution >= 4 is 36.9 Å². The van der Waals surface area contributed by atoms with Gasteiger partial charge in [-0.3, -0.25) is 0 Å². The number of hydrogen-bond acceptors (Lipinski definition) is 3. The summed E-state index contributed by atoms with van der Waals surface area (Å²) in [5, 5.41) is 16.7. The number of aromatic carboxylic acids is 1. The summed E-state index contributed by atoms with van der Waals surface area (Å²) in [6.07, 6.45) is 9.54. The number of carbonyl (C=O) groups is 1. The van der Waals surface area contributed by atoms with E-state index in [-0.39, 0.29) is 24.8 Å². The summed E-state index contributed by atoms with van der Waals surface area (Å²) in [4.78, 5) is 11.1. The van der Waals surface area contributed by atoms with E-state index >= 15 is 0 Å². The van der Waals surface area contributed by atoms with Crippen LogP contribution in [0, 0.1) is 5.92 Å².